The van der Waals surface area contributed by atoms with Crippen molar-refractivity contribution in [3.8, 4) is 11.1 Å². The molecule has 2 heterocycles. The van der Waals surface area contributed by atoms with E-state index in [1.54, 1.807) is 0 Å². The third kappa shape index (κ3) is 3.85. The van der Waals surface area contributed by atoms with Gasteiger partial charge in [-0.05, 0) is 46.9 Å². The van der Waals surface area contributed by atoms with Gasteiger partial charge in [0.2, 0.25) is 0 Å². The Bertz CT molecular complexity index is 859. The van der Waals surface area contributed by atoms with Gasteiger partial charge in [-0.25, -0.2) is 4.79 Å². The molecule has 0 aliphatic carbocycles. The second-order valence-corrected chi connectivity index (χ2v) is 7.11. The van der Waals surface area contributed by atoms with E-state index in [0.29, 0.717) is 39.4 Å². The number of alkyl halides is 3. The Morgan fingerprint density at radius 1 is 0.857 bits per heavy atom. The summed E-state index contributed by atoms with van der Waals surface area (Å²) >= 11 is 0. The highest BCUT2D eigenvalue weighted by Gasteiger charge is 2.30. The fourth-order valence-electron chi connectivity index (χ4n) is 3.71. The summed E-state index contributed by atoms with van der Waals surface area (Å²) < 4.78 is 43.6. The molecule has 2 aliphatic rings. The third-order valence-corrected chi connectivity index (χ3v) is 5.32. The molecule has 4 rings (SSSR count). The lowest BCUT2D eigenvalue weighted by Gasteiger charge is -2.35. The Morgan fingerprint density at radius 3 is 2.21 bits per heavy atom. The van der Waals surface area contributed by atoms with Gasteiger partial charge in [0, 0.05) is 26.2 Å². The Labute approximate surface area is 161 Å². The highest BCUT2D eigenvalue weighted by molar-refractivity contribution is 5.75. The minimum atomic E-state index is -4.34. The molecule has 0 bridgehead atoms. The summed E-state index contributed by atoms with van der Waals surface area (Å²) in [5, 5.41) is 0. The van der Waals surface area contributed by atoms with Crippen LogP contribution in [0, 0.1) is 0 Å². The van der Waals surface area contributed by atoms with Crippen molar-refractivity contribution < 1.29 is 22.7 Å². The normalized spacial score (nSPS) is 17.4. The van der Waals surface area contributed by atoms with E-state index < -0.39 is 11.7 Å². The maximum atomic E-state index is 12.8. The minimum absolute atomic E-state index is 0.0221. The molecule has 1 saturated heterocycles. The van der Waals surface area contributed by atoms with Gasteiger partial charge in [-0.15, -0.1) is 0 Å². The standard InChI is InChI=1S/C21H21F3N2O2/c22-21(23,24)19-5-3-15(4-6-19)17-2-1-16-7-8-26(14-18(16)13-17)20(27)25-9-11-28-12-10-25/h1-6,13H,7-12,14H2. The SMILES string of the molecule is O=C(N1CCOCC1)N1CCc2ccc(-c3ccc(C(F)(F)F)cc3)cc2C1. The fourth-order valence-corrected chi connectivity index (χ4v) is 3.71. The first-order valence-electron chi connectivity index (χ1n) is 9.33. The molecule has 0 radical (unpaired) electrons. The van der Waals surface area contributed by atoms with E-state index in [-0.39, 0.29) is 6.03 Å². The topological polar surface area (TPSA) is 32.8 Å². The molecule has 0 spiro atoms. The quantitative estimate of drug-likeness (QED) is 0.732. The van der Waals surface area contributed by atoms with Gasteiger partial charge in [0.1, 0.15) is 0 Å². The molecule has 4 nitrogen and oxygen atoms in total. The number of nitrogens with zero attached hydrogens (tertiary/aromatic N) is 2. The number of halogens is 3. The summed E-state index contributed by atoms with van der Waals surface area (Å²) in [5.41, 5.74) is 3.16. The number of urea groups is 1. The Kier molecular flexibility index (Phi) is 5.02. The minimum Gasteiger partial charge on any atom is -0.378 e. The Balaban J connectivity index is 1.53. The predicted octanol–water partition coefficient (Wildman–Crippen LogP) is 4.18. The second-order valence-electron chi connectivity index (χ2n) is 7.11. The van der Waals surface area contributed by atoms with Gasteiger partial charge in [0.15, 0.2) is 0 Å². The average molecular weight is 390 g/mol. The molecule has 148 valence electrons. The first-order valence-corrected chi connectivity index (χ1v) is 9.33. The Hall–Kier alpha value is -2.54. The Morgan fingerprint density at radius 2 is 1.54 bits per heavy atom. The van der Waals surface area contributed by atoms with Crippen LogP contribution in [0.4, 0.5) is 18.0 Å². The van der Waals surface area contributed by atoms with Gasteiger partial charge in [0.25, 0.3) is 0 Å². The van der Waals surface area contributed by atoms with E-state index in [2.05, 4.69) is 0 Å². The highest BCUT2D eigenvalue weighted by atomic mass is 19.4. The van der Waals surface area contributed by atoms with Crippen molar-refractivity contribution in [2.24, 2.45) is 0 Å². The van der Waals surface area contributed by atoms with Gasteiger partial charge in [0.05, 0.1) is 18.8 Å². The molecule has 2 aliphatic heterocycles. The fraction of sp³-hybridized carbons (Fsp3) is 0.381. The molecule has 0 aromatic heterocycles. The number of fused-ring (bicyclic) bond motifs is 1. The molecule has 0 unspecified atom stereocenters. The summed E-state index contributed by atoms with van der Waals surface area (Å²) in [6, 6.07) is 11.1. The van der Waals surface area contributed by atoms with Gasteiger partial charge in [-0.1, -0.05) is 24.3 Å². The van der Waals surface area contributed by atoms with E-state index in [4.69, 9.17) is 4.74 Å². The van der Waals surface area contributed by atoms with Gasteiger partial charge < -0.3 is 14.5 Å². The number of carbonyl (C=O) groups excluding carboxylic acids is 1. The lowest BCUT2D eigenvalue weighted by atomic mass is 9.94. The maximum Gasteiger partial charge on any atom is 0.416 e. The molecule has 0 N–H and O–H groups in total. The number of benzene rings is 2. The number of rotatable bonds is 1. The summed E-state index contributed by atoms with van der Waals surface area (Å²) in [4.78, 5) is 16.4. The van der Waals surface area contributed by atoms with Gasteiger partial charge in [-0.3, -0.25) is 0 Å². The molecular weight excluding hydrogens is 369 g/mol. The second kappa shape index (κ2) is 7.47. The largest absolute Gasteiger partial charge is 0.416 e. The van der Waals surface area contributed by atoms with Crippen LogP contribution in [0.15, 0.2) is 42.5 Å². The number of hydrogen-bond donors (Lipinski definition) is 0. The first-order chi connectivity index (χ1) is 13.4. The monoisotopic (exact) mass is 390 g/mol. The van der Waals surface area contributed by atoms with Crippen molar-refractivity contribution in [3.05, 3.63) is 59.2 Å². The van der Waals surface area contributed by atoms with Crippen LogP contribution >= 0.6 is 0 Å². The van der Waals surface area contributed by atoms with Crippen LogP contribution < -0.4 is 0 Å². The molecular formula is C21H21F3N2O2. The van der Waals surface area contributed by atoms with Crippen LogP contribution in [0.25, 0.3) is 11.1 Å². The van der Waals surface area contributed by atoms with Crippen LogP contribution in [-0.2, 0) is 23.9 Å². The smallest absolute Gasteiger partial charge is 0.378 e. The van der Waals surface area contributed by atoms with Crippen molar-refractivity contribution in [1.29, 1.82) is 0 Å². The van der Waals surface area contributed by atoms with E-state index in [9.17, 15) is 18.0 Å². The molecule has 2 aromatic carbocycles. The van der Waals surface area contributed by atoms with E-state index in [1.165, 1.54) is 17.7 Å². The predicted molar refractivity (Wildman–Crippen MR) is 98.8 cm³/mol. The van der Waals surface area contributed by atoms with Crippen molar-refractivity contribution in [1.82, 2.24) is 9.80 Å². The molecule has 2 aromatic rings. The van der Waals surface area contributed by atoms with Crippen molar-refractivity contribution >= 4 is 6.03 Å². The zero-order valence-electron chi connectivity index (χ0n) is 15.3. The highest BCUT2D eigenvalue weighted by Crippen LogP contribution is 2.32. The van der Waals surface area contributed by atoms with Crippen LogP contribution in [0.3, 0.4) is 0 Å². The molecule has 1 fully saturated rings. The maximum absolute atomic E-state index is 12.8. The van der Waals surface area contributed by atoms with E-state index >= 15 is 0 Å². The van der Waals surface area contributed by atoms with Gasteiger partial charge in [-0.2, -0.15) is 13.2 Å². The third-order valence-electron chi connectivity index (χ3n) is 5.32. The number of carbonyl (C=O) groups is 1. The van der Waals surface area contributed by atoms with Crippen molar-refractivity contribution in [3.63, 3.8) is 0 Å². The summed E-state index contributed by atoms with van der Waals surface area (Å²) in [6.45, 7) is 3.52. The molecule has 0 saturated carbocycles. The van der Waals surface area contributed by atoms with Crippen LogP contribution in [0.5, 0.6) is 0 Å². The zero-order chi connectivity index (χ0) is 19.7. The molecule has 0 atom stereocenters. The summed E-state index contributed by atoms with van der Waals surface area (Å²) in [7, 11) is 0. The molecule has 7 heteroatoms. The lowest BCUT2D eigenvalue weighted by molar-refractivity contribution is -0.137. The van der Waals surface area contributed by atoms with Crippen LogP contribution in [0.1, 0.15) is 16.7 Å². The van der Waals surface area contributed by atoms with Crippen LogP contribution in [-0.4, -0.2) is 48.7 Å². The van der Waals surface area contributed by atoms with Crippen molar-refractivity contribution in [2.45, 2.75) is 19.1 Å². The zero-order valence-corrected chi connectivity index (χ0v) is 15.3. The first kappa shape index (κ1) is 18.8. The van der Waals surface area contributed by atoms with E-state index in [0.717, 1.165) is 35.2 Å². The van der Waals surface area contributed by atoms with Crippen LogP contribution in [0.2, 0.25) is 0 Å². The van der Waals surface area contributed by atoms with Crippen molar-refractivity contribution in [2.75, 3.05) is 32.8 Å². The number of morpholine rings is 1. The number of amides is 2. The van der Waals surface area contributed by atoms with Gasteiger partial charge >= 0.3 is 12.2 Å². The molecule has 28 heavy (non-hydrogen) atoms. The molecule has 2 amide bonds. The summed E-state index contributed by atoms with van der Waals surface area (Å²) in [5.74, 6) is 0. The summed E-state index contributed by atoms with van der Waals surface area (Å²) in [6.07, 6.45) is -3.56. The van der Waals surface area contributed by atoms with E-state index in [1.807, 2.05) is 28.0 Å². The lowest BCUT2D eigenvalue weighted by Crippen LogP contribution is -2.49. The number of ether oxygens (including phenoxy) is 1. The number of hydrogen-bond acceptors (Lipinski definition) is 2. The average Bonchev–Trinajstić information content (AvgIpc) is 2.72.